The molecule has 1 aromatic carbocycles. The minimum Gasteiger partial charge on any atom is -0.481 e. The van der Waals surface area contributed by atoms with Crippen molar-refractivity contribution >= 4 is 17.8 Å². The van der Waals surface area contributed by atoms with Gasteiger partial charge in [-0.25, -0.2) is 9.48 Å². The van der Waals surface area contributed by atoms with Gasteiger partial charge in [-0.1, -0.05) is 36.4 Å². The monoisotopic (exact) mass is 370 g/mol. The normalized spacial score (nSPS) is 18.2. The van der Waals surface area contributed by atoms with E-state index in [1.54, 1.807) is 16.9 Å². The predicted molar refractivity (Wildman–Crippen MR) is 101 cm³/mol. The lowest BCUT2D eigenvalue weighted by Crippen LogP contribution is -2.28. The van der Waals surface area contributed by atoms with Crippen molar-refractivity contribution in [1.82, 2.24) is 9.78 Å². The summed E-state index contributed by atoms with van der Waals surface area (Å²) in [6.07, 6.45) is 6.10. The van der Waals surface area contributed by atoms with Crippen molar-refractivity contribution < 1.29 is 19.8 Å². The predicted octanol–water partition coefficient (Wildman–Crippen LogP) is 1.96. The summed E-state index contributed by atoms with van der Waals surface area (Å²) in [6.45, 7) is 1.98. The Labute approximate surface area is 156 Å². The van der Waals surface area contributed by atoms with Crippen molar-refractivity contribution in [3.8, 4) is 5.69 Å². The van der Waals surface area contributed by atoms with Crippen molar-refractivity contribution in [1.29, 1.82) is 0 Å². The molecule has 1 aliphatic carbocycles. The Morgan fingerprint density at radius 1 is 1.26 bits per heavy atom. The number of rotatable bonds is 4. The molecule has 6 N–H and O–H groups in total. The summed E-state index contributed by atoms with van der Waals surface area (Å²) >= 11 is 0. The Balaban J connectivity index is 0.000000194. The number of benzene rings is 1. The lowest BCUT2D eigenvalue weighted by atomic mass is 9.80. The molecule has 1 aliphatic rings. The lowest BCUT2D eigenvalue weighted by molar-refractivity contribution is -0.145. The van der Waals surface area contributed by atoms with Crippen LogP contribution in [0.3, 0.4) is 0 Å². The van der Waals surface area contributed by atoms with Crippen LogP contribution >= 0.6 is 0 Å². The van der Waals surface area contributed by atoms with Gasteiger partial charge in [-0.3, -0.25) is 4.79 Å². The molecular formula is C19H22N4O4. The molecule has 3 rings (SSSR count). The number of carboxylic acids is 2. The zero-order chi connectivity index (χ0) is 20.0. The van der Waals surface area contributed by atoms with Gasteiger partial charge in [-0.15, -0.1) is 0 Å². The molecule has 8 heteroatoms. The standard InChI is InChI=1S/C10H12N4.C9H10O4/c11-7-8-3-1-2-4-9(8)14-10(12)5-6-13-14;1-9(8(12)13)4-2-3-6(5-9)7(10)11/h1-6H,7,11-12H2;2-4H,5H2,1H3,(H,10,11)(H,12,13). The minimum atomic E-state index is -1.08. The van der Waals surface area contributed by atoms with Crippen LogP contribution in [0.15, 0.2) is 60.3 Å². The second kappa shape index (κ2) is 8.33. The van der Waals surface area contributed by atoms with Crippen LogP contribution in [0, 0.1) is 5.41 Å². The summed E-state index contributed by atoms with van der Waals surface area (Å²) in [4.78, 5) is 21.3. The molecule has 0 bridgehead atoms. The van der Waals surface area contributed by atoms with Gasteiger partial charge in [-0.05, 0) is 25.0 Å². The average molecular weight is 370 g/mol. The first-order valence-electron chi connectivity index (χ1n) is 8.21. The van der Waals surface area contributed by atoms with Gasteiger partial charge in [0.1, 0.15) is 5.82 Å². The molecule has 0 aliphatic heterocycles. The third-order valence-corrected chi connectivity index (χ3v) is 4.19. The minimum absolute atomic E-state index is 0.0359. The summed E-state index contributed by atoms with van der Waals surface area (Å²) in [7, 11) is 0. The fourth-order valence-electron chi connectivity index (χ4n) is 2.59. The number of nitrogen functional groups attached to an aromatic ring is 1. The Morgan fingerprint density at radius 3 is 2.52 bits per heavy atom. The topological polar surface area (TPSA) is 144 Å². The summed E-state index contributed by atoms with van der Waals surface area (Å²) in [5, 5.41) is 21.6. The maximum absolute atomic E-state index is 10.8. The first-order valence-corrected chi connectivity index (χ1v) is 8.21. The van der Waals surface area contributed by atoms with Crippen molar-refractivity contribution in [3.05, 3.63) is 65.9 Å². The average Bonchev–Trinajstić information content (AvgIpc) is 3.08. The van der Waals surface area contributed by atoms with Crippen molar-refractivity contribution in [2.75, 3.05) is 5.73 Å². The lowest BCUT2D eigenvalue weighted by Gasteiger charge is -2.23. The molecule has 0 saturated carbocycles. The SMILES string of the molecule is CC1(C(=O)O)C=CC=C(C(=O)O)C1.NCc1ccccc1-n1nccc1N. The van der Waals surface area contributed by atoms with Gasteiger partial charge in [0, 0.05) is 18.2 Å². The largest absolute Gasteiger partial charge is 0.481 e. The second-order valence-corrected chi connectivity index (χ2v) is 6.26. The van der Waals surface area contributed by atoms with Gasteiger partial charge in [0.05, 0.1) is 17.3 Å². The van der Waals surface area contributed by atoms with Gasteiger partial charge >= 0.3 is 11.9 Å². The van der Waals surface area contributed by atoms with E-state index in [0.29, 0.717) is 12.4 Å². The summed E-state index contributed by atoms with van der Waals surface area (Å²) in [6, 6.07) is 9.57. The zero-order valence-electron chi connectivity index (χ0n) is 14.9. The zero-order valence-corrected chi connectivity index (χ0v) is 14.9. The third-order valence-electron chi connectivity index (χ3n) is 4.19. The van der Waals surface area contributed by atoms with Crippen LogP contribution in [0.25, 0.3) is 5.69 Å². The van der Waals surface area contributed by atoms with E-state index in [1.807, 2.05) is 24.3 Å². The van der Waals surface area contributed by atoms with Crippen LogP contribution in [0.4, 0.5) is 5.82 Å². The van der Waals surface area contributed by atoms with Gasteiger partial charge in [-0.2, -0.15) is 5.10 Å². The Morgan fingerprint density at radius 2 is 1.96 bits per heavy atom. The number of para-hydroxylation sites is 1. The number of hydrogen-bond acceptors (Lipinski definition) is 5. The molecule has 0 amide bonds. The molecule has 1 heterocycles. The molecule has 0 spiro atoms. The van der Waals surface area contributed by atoms with E-state index in [0.717, 1.165) is 11.3 Å². The maximum Gasteiger partial charge on any atom is 0.331 e. The molecule has 8 nitrogen and oxygen atoms in total. The van der Waals surface area contributed by atoms with Crippen LogP contribution in [0.5, 0.6) is 0 Å². The van der Waals surface area contributed by atoms with Crippen LogP contribution in [0.2, 0.25) is 0 Å². The molecule has 0 fully saturated rings. The van der Waals surface area contributed by atoms with E-state index in [-0.39, 0.29) is 12.0 Å². The molecule has 1 unspecified atom stereocenters. The highest BCUT2D eigenvalue weighted by Gasteiger charge is 2.34. The van der Waals surface area contributed by atoms with Crippen LogP contribution in [0.1, 0.15) is 18.9 Å². The number of nitrogens with two attached hydrogens (primary N) is 2. The summed E-state index contributed by atoms with van der Waals surface area (Å²) < 4.78 is 1.68. The fourth-order valence-corrected chi connectivity index (χ4v) is 2.59. The van der Waals surface area contributed by atoms with Crippen LogP contribution < -0.4 is 11.5 Å². The number of hydrogen-bond donors (Lipinski definition) is 4. The van der Waals surface area contributed by atoms with Gasteiger partial charge in [0.15, 0.2) is 0 Å². The second-order valence-electron chi connectivity index (χ2n) is 6.26. The number of carboxylic acid groups (broad SMARTS) is 2. The van der Waals surface area contributed by atoms with Gasteiger partial charge in [0.2, 0.25) is 0 Å². The Hall–Kier alpha value is -3.39. The highest BCUT2D eigenvalue weighted by atomic mass is 16.4. The first-order chi connectivity index (χ1) is 12.8. The molecule has 27 heavy (non-hydrogen) atoms. The number of carbonyl (C=O) groups is 2. The Bertz CT molecular complexity index is 901. The van der Waals surface area contributed by atoms with Crippen LogP contribution in [-0.4, -0.2) is 31.9 Å². The van der Waals surface area contributed by atoms with Crippen molar-refractivity contribution in [3.63, 3.8) is 0 Å². The summed E-state index contributed by atoms with van der Waals surface area (Å²) in [5.41, 5.74) is 12.4. The van der Waals surface area contributed by atoms with E-state index >= 15 is 0 Å². The van der Waals surface area contributed by atoms with E-state index in [2.05, 4.69) is 5.10 Å². The highest BCUT2D eigenvalue weighted by molar-refractivity contribution is 5.90. The number of aliphatic carboxylic acids is 2. The molecule has 1 aromatic heterocycles. The molecule has 1 atom stereocenters. The van der Waals surface area contributed by atoms with Crippen molar-refractivity contribution in [2.45, 2.75) is 19.9 Å². The molecular weight excluding hydrogens is 348 g/mol. The Kier molecular flexibility index (Phi) is 6.15. The van der Waals surface area contributed by atoms with Crippen molar-refractivity contribution in [2.24, 2.45) is 11.1 Å². The number of allylic oxidation sites excluding steroid dienone is 2. The molecule has 0 radical (unpaired) electrons. The molecule has 142 valence electrons. The fraction of sp³-hybridized carbons (Fsp3) is 0.211. The van der Waals surface area contributed by atoms with Gasteiger partial charge < -0.3 is 21.7 Å². The smallest absolute Gasteiger partial charge is 0.331 e. The summed E-state index contributed by atoms with van der Waals surface area (Å²) in [5.74, 6) is -1.45. The van der Waals surface area contributed by atoms with Gasteiger partial charge in [0.25, 0.3) is 0 Å². The first kappa shape index (κ1) is 19.9. The van der Waals surface area contributed by atoms with E-state index in [9.17, 15) is 9.59 Å². The highest BCUT2D eigenvalue weighted by Crippen LogP contribution is 2.31. The maximum atomic E-state index is 10.8. The third kappa shape index (κ3) is 4.62. The molecule has 0 saturated heterocycles. The van der Waals surface area contributed by atoms with Crippen LogP contribution in [-0.2, 0) is 16.1 Å². The van der Waals surface area contributed by atoms with E-state index in [4.69, 9.17) is 21.7 Å². The quantitative estimate of drug-likeness (QED) is 0.644. The van der Waals surface area contributed by atoms with E-state index in [1.165, 1.54) is 25.2 Å². The molecule has 2 aromatic rings. The number of anilines is 1. The number of aromatic nitrogens is 2. The number of nitrogens with zero attached hydrogens (tertiary/aromatic N) is 2. The van der Waals surface area contributed by atoms with E-state index < -0.39 is 17.4 Å².